The second kappa shape index (κ2) is 7.42. The van der Waals surface area contributed by atoms with Crippen molar-refractivity contribution >= 4 is 18.6 Å². The molecule has 0 aliphatic carbocycles. The number of tetrazole rings is 1. The van der Waals surface area contributed by atoms with Gasteiger partial charge in [-0.1, -0.05) is 12.1 Å². The number of hydrogen-bond acceptors (Lipinski definition) is 6. The van der Waals surface area contributed by atoms with E-state index in [1.54, 1.807) is 12.1 Å². The van der Waals surface area contributed by atoms with Crippen LogP contribution >= 0.6 is 0 Å². The molecule has 0 fully saturated rings. The summed E-state index contributed by atoms with van der Waals surface area (Å²) in [5, 5.41) is 21.3. The van der Waals surface area contributed by atoms with Gasteiger partial charge in [0.2, 0.25) is 0 Å². The van der Waals surface area contributed by atoms with Crippen molar-refractivity contribution in [3.63, 3.8) is 0 Å². The first-order valence-electron chi connectivity index (χ1n) is 3.95. The topological polar surface area (TPSA) is 83.7 Å². The number of aromatic carboxylic acids is 1. The Kier molecular flexibility index (Phi) is 7.41. The van der Waals surface area contributed by atoms with Crippen molar-refractivity contribution in [2.45, 2.75) is 5.16 Å². The Bertz CT molecular complexity index is 502. The molecule has 2 rings (SSSR count). The van der Waals surface area contributed by atoms with E-state index in [4.69, 9.17) is 12.6 Å². The van der Waals surface area contributed by atoms with Gasteiger partial charge in [-0.25, -0.2) is 4.68 Å². The van der Waals surface area contributed by atoms with E-state index in [1.165, 1.54) is 16.8 Å². The van der Waals surface area contributed by atoms with E-state index in [-0.39, 0.29) is 69.8 Å². The molecule has 76 valence electrons. The standard InChI is InChI=1S/C8H6N4O2S.2Na/c13-7(14)5-1-3-6(4-2-5)12-8(15)9-10-11-12;;/h1-4H,(H,13,14)(H,9,11,15);;/q;2*+1/p-2. The first-order valence-corrected chi connectivity index (χ1v) is 4.36. The smallest absolute Gasteiger partial charge is 0.738 e. The van der Waals surface area contributed by atoms with Gasteiger partial charge >= 0.3 is 59.1 Å². The molecule has 17 heavy (non-hydrogen) atoms. The number of carbonyl (C=O) groups excluding carboxylic acids is 1. The fourth-order valence-corrected chi connectivity index (χ4v) is 1.26. The van der Waals surface area contributed by atoms with Crippen LogP contribution in [0.1, 0.15) is 10.4 Å². The van der Waals surface area contributed by atoms with Crippen molar-refractivity contribution in [1.29, 1.82) is 0 Å². The first kappa shape index (κ1) is 17.0. The molecule has 0 aliphatic rings. The van der Waals surface area contributed by atoms with Gasteiger partial charge in [0.05, 0.1) is 11.7 Å². The fraction of sp³-hybridized carbons (Fsp3) is 0. The molecule has 2 aromatic rings. The number of carbonyl (C=O) groups is 1. The molecule has 0 radical (unpaired) electrons. The van der Waals surface area contributed by atoms with Crippen LogP contribution in [0.15, 0.2) is 29.4 Å². The van der Waals surface area contributed by atoms with E-state index >= 15 is 0 Å². The summed E-state index contributed by atoms with van der Waals surface area (Å²) in [6.07, 6.45) is 0. The van der Waals surface area contributed by atoms with Crippen molar-refractivity contribution in [3.8, 4) is 5.69 Å². The Morgan fingerprint density at radius 3 is 2.24 bits per heavy atom. The van der Waals surface area contributed by atoms with Gasteiger partial charge in [0.25, 0.3) is 0 Å². The minimum atomic E-state index is -1.23. The van der Waals surface area contributed by atoms with Crippen LogP contribution in [0.4, 0.5) is 0 Å². The maximum Gasteiger partial charge on any atom is 1.00 e. The summed E-state index contributed by atoms with van der Waals surface area (Å²) in [5.41, 5.74) is 0.702. The summed E-state index contributed by atoms with van der Waals surface area (Å²) in [7, 11) is 0. The normalized spacial score (nSPS) is 8.94. The summed E-state index contributed by atoms with van der Waals surface area (Å²) in [4.78, 5) is 10.5. The number of benzene rings is 1. The molecule has 6 nitrogen and oxygen atoms in total. The average molecular weight is 266 g/mol. The monoisotopic (exact) mass is 266 g/mol. The number of aromatic nitrogens is 4. The maximum absolute atomic E-state index is 10.5. The Morgan fingerprint density at radius 1 is 1.24 bits per heavy atom. The third kappa shape index (κ3) is 3.99. The Balaban J connectivity index is 0.00000128. The third-order valence-corrected chi connectivity index (χ3v) is 2.04. The molecule has 0 spiro atoms. The van der Waals surface area contributed by atoms with Crippen molar-refractivity contribution in [2.24, 2.45) is 0 Å². The molecule has 0 unspecified atom stereocenters. The summed E-state index contributed by atoms with van der Waals surface area (Å²) in [6.45, 7) is 0. The van der Waals surface area contributed by atoms with Gasteiger partial charge in [-0.05, 0) is 28.1 Å². The van der Waals surface area contributed by atoms with Gasteiger partial charge in [-0.3, -0.25) is 0 Å². The van der Waals surface area contributed by atoms with Crippen molar-refractivity contribution in [3.05, 3.63) is 29.8 Å². The van der Waals surface area contributed by atoms with Crippen molar-refractivity contribution in [1.82, 2.24) is 20.2 Å². The van der Waals surface area contributed by atoms with E-state index in [0.717, 1.165) is 0 Å². The Morgan fingerprint density at radius 2 is 1.82 bits per heavy atom. The number of rotatable bonds is 2. The van der Waals surface area contributed by atoms with Crippen LogP contribution in [0.3, 0.4) is 0 Å². The quantitative estimate of drug-likeness (QED) is 0.397. The van der Waals surface area contributed by atoms with E-state index in [2.05, 4.69) is 15.5 Å². The summed E-state index contributed by atoms with van der Waals surface area (Å²) >= 11 is 4.85. The van der Waals surface area contributed by atoms with Gasteiger partial charge < -0.3 is 22.5 Å². The molecule has 0 bridgehead atoms. The van der Waals surface area contributed by atoms with E-state index in [1.807, 2.05) is 0 Å². The van der Waals surface area contributed by atoms with Crippen molar-refractivity contribution in [2.75, 3.05) is 0 Å². The number of nitrogens with zero attached hydrogens (tertiary/aromatic N) is 4. The zero-order valence-corrected chi connectivity index (χ0v) is 14.1. The maximum atomic E-state index is 10.5. The predicted octanol–water partition coefficient (Wildman–Crippen LogP) is -7.06. The van der Waals surface area contributed by atoms with Crippen LogP contribution in [0.5, 0.6) is 0 Å². The SMILES string of the molecule is O=C([O-])c1ccc(-n2nnnc2[S-])cc1.[Na+].[Na+]. The van der Waals surface area contributed by atoms with Gasteiger partial charge in [0.15, 0.2) is 0 Å². The van der Waals surface area contributed by atoms with Crippen LogP contribution in [0, 0.1) is 0 Å². The van der Waals surface area contributed by atoms with Gasteiger partial charge in [-0.15, -0.1) is 5.10 Å². The van der Waals surface area contributed by atoms with Crippen molar-refractivity contribution < 1.29 is 69.0 Å². The minimum absolute atomic E-state index is 0. The zero-order valence-electron chi connectivity index (χ0n) is 9.32. The molecule has 1 heterocycles. The molecule has 1 aromatic carbocycles. The molecule has 0 saturated heterocycles. The van der Waals surface area contributed by atoms with E-state index in [9.17, 15) is 9.90 Å². The third-order valence-electron chi connectivity index (χ3n) is 1.79. The first-order chi connectivity index (χ1) is 7.18. The zero-order chi connectivity index (χ0) is 10.8. The number of carboxylic acid groups (broad SMARTS) is 1. The molecular weight excluding hydrogens is 262 g/mol. The van der Waals surface area contributed by atoms with Crippen LogP contribution in [0.25, 0.3) is 5.69 Å². The van der Waals surface area contributed by atoms with Gasteiger partial charge in [-0.2, -0.15) is 0 Å². The average Bonchev–Trinajstić information content (AvgIpc) is 2.65. The molecule has 0 amide bonds. The minimum Gasteiger partial charge on any atom is -0.738 e. The second-order valence-electron chi connectivity index (χ2n) is 2.71. The predicted molar refractivity (Wildman–Crippen MR) is 49.1 cm³/mol. The van der Waals surface area contributed by atoms with Crippen LogP contribution in [0.2, 0.25) is 0 Å². The van der Waals surface area contributed by atoms with Crippen LogP contribution < -0.4 is 64.2 Å². The fourth-order valence-electron chi connectivity index (χ4n) is 1.08. The number of carboxylic acids is 1. The van der Waals surface area contributed by atoms with Gasteiger partial charge in [0.1, 0.15) is 0 Å². The van der Waals surface area contributed by atoms with E-state index in [0.29, 0.717) is 5.69 Å². The largest absolute Gasteiger partial charge is 1.00 e. The molecular formula is C8H4N4Na2O2S. The number of hydrogen-bond donors (Lipinski definition) is 0. The summed E-state index contributed by atoms with van der Waals surface area (Å²) in [5.74, 6) is -1.23. The molecule has 0 atom stereocenters. The molecule has 0 aliphatic heterocycles. The second-order valence-corrected chi connectivity index (χ2v) is 3.07. The Hall–Kier alpha value is -0.0200. The summed E-state index contributed by atoms with van der Waals surface area (Å²) in [6, 6.07) is 5.91. The molecule has 9 heteroatoms. The molecule has 0 saturated carbocycles. The van der Waals surface area contributed by atoms with E-state index < -0.39 is 5.97 Å². The van der Waals surface area contributed by atoms with Crippen LogP contribution in [-0.2, 0) is 12.6 Å². The summed E-state index contributed by atoms with van der Waals surface area (Å²) < 4.78 is 1.33. The Labute approximate surface area is 147 Å². The van der Waals surface area contributed by atoms with Gasteiger partial charge in [0, 0.05) is 5.16 Å². The van der Waals surface area contributed by atoms with Crippen LogP contribution in [-0.4, -0.2) is 26.2 Å². The molecule has 1 aromatic heterocycles. The molecule has 0 N–H and O–H groups in total.